The van der Waals surface area contributed by atoms with Gasteiger partial charge >= 0.3 is 0 Å². The number of halogens is 2. The molecule has 0 N–H and O–H groups in total. The maximum Gasteiger partial charge on any atom is 0.253 e. The van der Waals surface area contributed by atoms with E-state index in [0.717, 1.165) is 6.26 Å². The minimum atomic E-state index is -3.46. The third-order valence-corrected chi connectivity index (χ3v) is 6.09. The molecule has 0 aliphatic carbocycles. The Bertz CT molecular complexity index is 1480. The second-order valence-corrected chi connectivity index (χ2v) is 10.1. The van der Waals surface area contributed by atoms with E-state index in [1.807, 2.05) is 0 Å². The summed E-state index contributed by atoms with van der Waals surface area (Å²) in [5.41, 5.74) is 3.12. The number of aryl methyl sites for hydroxylation is 2. The number of nitrogens with zero attached hydrogens (tertiary/aromatic N) is 3. The van der Waals surface area contributed by atoms with E-state index < -0.39 is 15.8 Å². The van der Waals surface area contributed by atoms with E-state index in [-0.39, 0.29) is 34.6 Å². The molecular weight excluding hydrogens is 436 g/mol. The molecule has 0 unspecified atom stereocenters. The van der Waals surface area contributed by atoms with Gasteiger partial charge < -0.3 is 4.57 Å². The van der Waals surface area contributed by atoms with Crippen LogP contribution >= 0.6 is 0 Å². The van der Waals surface area contributed by atoms with E-state index in [2.05, 4.69) is 5.10 Å². The van der Waals surface area contributed by atoms with Crippen LogP contribution in [0.25, 0.3) is 22.0 Å². The number of benzene rings is 2. The third-order valence-electron chi connectivity index (χ3n) is 5.25. The molecule has 6 nitrogen and oxygen atoms in total. The molecule has 0 saturated heterocycles. The van der Waals surface area contributed by atoms with Crippen molar-refractivity contribution in [2.24, 2.45) is 7.05 Å². The fourth-order valence-electron chi connectivity index (χ4n) is 3.82. The number of pyridine rings is 1. The number of hydrogen-bond donors (Lipinski definition) is 0. The number of rotatable bonds is 5. The fourth-order valence-corrected chi connectivity index (χ4v) is 4.61. The standard InChI is InChI=1S/C23H21F2N3O3S/c1-14-8-17(12-27(2)23(14)29)16-9-18(13-32(3,30)31)21-20(10-16)28(26-22(21)25)11-15-4-6-19(24)7-5-15/h4-10,12H,11,13H2,1-3H3. The van der Waals surface area contributed by atoms with E-state index >= 15 is 0 Å². The average Bonchev–Trinajstić information content (AvgIpc) is 3.02. The lowest BCUT2D eigenvalue weighted by atomic mass is 10.0. The lowest BCUT2D eigenvalue weighted by molar-refractivity contribution is 0.548. The van der Waals surface area contributed by atoms with Crippen molar-refractivity contribution in [3.05, 3.63) is 87.5 Å². The van der Waals surface area contributed by atoms with Gasteiger partial charge in [0.15, 0.2) is 9.84 Å². The molecular formula is C23H21F2N3O3S. The van der Waals surface area contributed by atoms with E-state index in [9.17, 15) is 22.0 Å². The molecule has 0 atom stereocenters. The summed E-state index contributed by atoms with van der Waals surface area (Å²) in [6, 6.07) is 10.8. The average molecular weight is 458 g/mol. The smallest absolute Gasteiger partial charge is 0.253 e. The highest BCUT2D eigenvalue weighted by atomic mass is 32.2. The van der Waals surface area contributed by atoms with Gasteiger partial charge in [-0.05, 0) is 59.5 Å². The summed E-state index contributed by atoms with van der Waals surface area (Å²) in [5, 5.41) is 4.12. The fraction of sp³-hybridized carbons (Fsp3) is 0.217. The molecule has 0 bridgehead atoms. The van der Waals surface area contributed by atoms with Gasteiger partial charge in [0.1, 0.15) is 5.82 Å². The Morgan fingerprint density at radius 2 is 1.72 bits per heavy atom. The van der Waals surface area contributed by atoms with Crippen LogP contribution in [0.5, 0.6) is 0 Å². The summed E-state index contributed by atoms with van der Waals surface area (Å²) in [7, 11) is -1.83. The van der Waals surface area contributed by atoms with Crippen LogP contribution < -0.4 is 5.56 Å². The molecule has 0 aliphatic rings. The zero-order valence-electron chi connectivity index (χ0n) is 17.8. The molecule has 2 aromatic heterocycles. The molecule has 4 aromatic rings. The molecule has 0 amide bonds. The molecule has 0 saturated carbocycles. The number of sulfone groups is 1. The SMILES string of the molecule is Cc1cc(-c2cc(CS(C)(=O)=O)c3c(F)nn(Cc4ccc(F)cc4)c3c2)cn(C)c1=O. The van der Waals surface area contributed by atoms with Crippen molar-refractivity contribution in [3.63, 3.8) is 0 Å². The van der Waals surface area contributed by atoms with Crippen LogP contribution in [0.4, 0.5) is 8.78 Å². The second kappa shape index (κ2) is 7.98. The molecule has 9 heteroatoms. The molecule has 2 heterocycles. The molecule has 0 spiro atoms. The highest BCUT2D eigenvalue weighted by Crippen LogP contribution is 2.31. The Morgan fingerprint density at radius 1 is 1.03 bits per heavy atom. The van der Waals surface area contributed by atoms with Gasteiger partial charge in [-0.2, -0.15) is 4.39 Å². The van der Waals surface area contributed by atoms with E-state index in [0.29, 0.717) is 27.8 Å². The largest absolute Gasteiger partial charge is 0.318 e. The number of fused-ring (bicyclic) bond motifs is 1. The summed E-state index contributed by atoms with van der Waals surface area (Å²) in [4.78, 5) is 12.1. The van der Waals surface area contributed by atoms with Gasteiger partial charge in [-0.3, -0.25) is 9.48 Å². The molecule has 2 aromatic carbocycles. The molecule has 0 radical (unpaired) electrons. The first kappa shape index (κ1) is 21.9. The third kappa shape index (κ3) is 4.34. The van der Waals surface area contributed by atoms with Crippen LogP contribution in [0.15, 0.2) is 53.5 Å². The molecule has 32 heavy (non-hydrogen) atoms. The van der Waals surface area contributed by atoms with Gasteiger partial charge in [0.2, 0.25) is 5.95 Å². The van der Waals surface area contributed by atoms with Crippen molar-refractivity contribution in [1.82, 2.24) is 14.3 Å². The van der Waals surface area contributed by atoms with Crippen LogP contribution in [0, 0.1) is 18.7 Å². The van der Waals surface area contributed by atoms with Gasteiger partial charge in [-0.15, -0.1) is 5.10 Å². The first-order chi connectivity index (χ1) is 15.0. The van der Waals surface area contributed by atoms with Crippen molar-refractivity contribution in [2.75, 3.05) is 6.26 Å². The Balaban J connectivity index is 1.95. The minimum Gasteiger partial charge on any atom is -0.318 e. The zero-order valence-corrected chi connectivity index (χ0v) is 18.6. The predicted molar refractivity (Wildman–Crippen MR) is 119 cm³/mol. The van der Waals surface area contributed by atoms with Gasteiger partial charge in [0, 0.05) is 25.1 Å². The van der Waals surface area contributed by atoms with Crippen molar-refractivity contribution >= 4 is 20.7 Å². The van der Waals surface area contributed by atoms with Gasteiger partial charge in [-0.1, -0.05) is 12.1 Å². The normalized spacial score (nSPS) is 11.9. The van der Waals surface area contributed by atoms with Crippen molar-refractivity contribution in [2.45, 2.75) is 19.2 Å². The topological polar surface area (TPSA) is 74.0 Å². The van der Waals surface area contributed by atoms with Crippen molar-refractivity contribution in [1.29, 1.82) is 0 Å². The molecule has 166 valence electrons. The Hall–Kier alpha value is -3.33. The summed E-state index contributed by atoms with van der Waals surface area (Å²) in [5.74, 6) is -1.52. The molecule has 4 rings (SSSR count). The highest BCUT2D eigenvalue weighted by Gasteiger charge is 2.20. The van der Waals surface area contributed by atoms with E-state index in [1.54, 1.807) is 50.5 Å². The summed E-state index contributed by atoms with van der Waals surface area (Å²) in [6.45, 7) is 1.87. The van der Waals surface area contributed by atoms with Crippen LogP contribution in [0.1, 0.15) is 16.7 Å². The van der Waals surface area contributed by atoms with Crippen molar-refractivity contribution < 1.29 is 17.2 Å². The second-order valence-electron chi connectivity index (χ2n) is 8.00. The minimum absolute atomic E-state index is 0.128. The molecule has 0 fully saturated rings. The maximum absolute atomic E-state index is 14.9. The first-order valence-corrected chi connectivity index (χ1v) is 11.9. The lowest BCUT2D eigenvalue weighted by Crippen LogP contribution is -2.18. The first-order valence-electron chi connectivity index (χ1n) is 9.80. The highest BCUT2D eigenvalue weighted by molar-refractivity contribution is 7.89. The maximum atomic E-state index is 14.9. The van der Waals surface area contributed by atoms with E-state index in [4.69, 9.17) is 0 Å². The summed E-state index contributed by atoms with van der Waals surface area (Å²) < 4.78 is 55.1. The summed E-state index contributed by atoms with van der Waals surface area (Å²) in [6.07, 6.45) is 2.74. The quantitative estimate of drug-likeness (QED) is 0.459. The lowest BCUT2D eigenvalue weighted by Gasteiger charge is -2.11. The number of hydrogen-bond acceptors (Lipinski definition) is 4. The van der Waals surface area contributed by atoms with Crippen LogP contribution in [0.2, 0.25) is 0 Å². The Labute approximate surface area is 183 Å². The van der Waals surface area contributed by atoms with Crippen LogP contribution in [0.3, 0.4) is 0 Å². The van der Waals surface area contributed by atoms with Crippen LogP contribution in [-0.2, 0) is 29.2 Å². The van der Waals surface area contributed by atoms with Gasteiger partial charge in [-0.25, -0.2) is 12.8 Å². The van der Waals surface area contributed by atoms with Gasteiger partial charge in [0.25, 0.3) is 5.56 Å². The Kier molecular flexibility index (Phi) is 5.46. The van der Waals surface area contributed by atoms with E-state index in [1.165, 1.54) is 21.4 Å². The van der Waals surface area contributed by atoms with Crippen LogP contribution in [-0.4, -0.2) is 29.0 Å². The zero-order chi connectivity index (χ0) is 23.2. The Morgan fingerprint density at radius 3 is 2.34 bits per heavy atom. The van der Waals surface area contributed by atoms with Gasteiger partial charge in [0.05, 0.1) is 23.2 Å². The van der Waals surface area contributed by atoms with Crippen molar-refractivity contribution in [3.8, 4) is 11.1 Å². The monoisotopic (exact) mass is 457 g/mol. The molecule has 0 aliphatic heterocycles. The predicted octanol–water partition coefficient (Wildman–Crippen LogP) is 3.58. The summed E-state index contributed by atoms with van der Waals surface area (Å²) >= 11 is 0. The number of aromatic nitrogens is 3.